The van der Waals surface area contributed by atoms with Gasteiger partial charge in [-0.05, 0) is 30.4 Å². The molecule has 1 unspecified atom stereocenters. The lowest BCUT2D eigenvalue weighted by Crippen LogP contribution is -2.29. The lowest BCUT2D eigenvalue weighted by molar-refractivity contribution is 0.0755. The lowest BCUT2D eigenvalue weighted by Gasteiger charge is -2.17. The van der Waals surface area contributed by atoms with Crippen LogP contribution in [0.25, 0.3) is 0 Å². The van der Waals surface area contributed by atoms with Gasteiger partial charge in [-0.25, -0.2) is 9.97 Å². The summed E-state index contributed by atoms with van der Waals surface area (Å²) in [6.07, 6.45) is 8.64. The fourth-order valence-corrected chi connectivity index (χ4v) is 4.47. The summed E-state index contributed by atoms with van der Waals surface area (Å²) in [6.45, 7) is 2.68. The number of fused-ring (bicyclic) bond motifs is 1. The Morgan fingerprint density at radius 3 is 2.69 bits per heavy atom. The second-order valence-electron chi connectivity index (χ2n) is 8.51. The Morgan fingerprint density at radius 1 is 1.19 bits per heavy atom. The van der Waals surface area contributed by atoms with Crippen molar-refractivity contribution in [1.82, 2.24) is 30.3 Å². The third-order valence-corrected chi connectivity index (χ3v) is 6.18. The quantitative estimate of drug-likeness (QED) is 0.522. The molecule has 1 saturated heterocycles. The van der Waals surface area contributed by atoms with E-state index in [1.807, 2.05) is 4.90 Å². The number of benzene rings is 1. The van der Waals surface area contributed by atoms with Gasteiger partial charge in [0.05, 0.1) is 24.5 Å². The van der Waals surface area contributed by atoms with Crippen LogP contribution in [0.15, 0.2) is 42.9 Å². The van der Waals surface area contributed by atoms with E-state index in [1.54, 1.807) is 18.6 Å². The standard InChI is InChI=1S/C23H27N7O2/c31-22(30-7-5-16(14-30)15-32-8-6-20-13-26-29-28-20)19-11-24-23(25-12-19)27-21-9-17-3-1-2-4-18(17)10-21/h1-4,11-13,16,21H,5-10,14-15H2,(H,24,25,27)(H,26,28,29). The van der Waals surface area contributed by atoms with Crippen molar-refractivity contribution in [2.24, 2.45) is 5.92 Å². The molecule has 166 valence electrons. The summed E-state index contributed by atoms with van der Waals surface area (Å²) >= 11 is 0. The molecule has 0 saturated carbocycles. The number of H-pyrrole nitrogens is 1. The second kappa shape index (κ2) is 9.44. The molecule has 1 aliphatic heterocycles. The number of amides is 1. The zero-order chi connectivity index (χ0) is 21.8. The first-order chi connectivity index (χ1) is 15.7. The summed E-state index contributed by atoms with van der Waals surface area (Å²) in [6, 6.07) is 8.78. The highest BCUT2D eigenvalue weighted by Gasteiger charge is 2.28. The van der Waals surface area contributed by atoms with Crippen LogP contribution in [0.4, 0.5) is 5.95 Å². The number of carbonyl (C=O) groups is 1. The Bertz CT molecular complexity index is 1010. The highest BCUT2D eigenvalue weighted by atomic mass is 16.5. The average molecular weight is 434 g/mol. The van der Waals surface area contributed by atoms with Crippen molar-refractivity contribution in [1.29, 1.82) is 0 Å². The van der Waals surface area contributed by atoms with E-state index in [-0.39, 0.29) is 11.9 Å². The fourth-order valence-electron chi connectivity index (χ4n) is 4.47. The van der Waals surface area contributed by atoms with Gasteiger partial charge in [-0.3, -0.25) is 9.89 Å². The van der Waals surface area contributed by atoms with Crippen LogP contribution in [0.1, 0.15) is 33.6 Å². The SMILES string of the molecule is O=C(c1cnc(NC2Cc3ccccc3C2)nc1)N1CCC(COCCc2c[nH]nn2)C1. The summed E-state index contributed by atoms with van der Waals surface area (Å²) in [5, 5.41) is 13.7. The molecule has 1 atom stereocenters. The number of rotatable bonds is 8. The van der Waals surface area contributed by atoms with Gasteiger partial charge in [-0.1, -0.05) is 29.5 Å². The van der Waals surface area contributed by atoms with Crippen molar-refractivity contribution in [2.75, 3.05) is 31.6 Å². The van der Waals surface area contributed by atoms with Crippen LogP contribution in [-0.4, -0.2) is 68.5 Å². The molecule has 1 amide bonds. The second-order valence-corrected chi connectivity index (χ2v) is 8.51. The minimum atomic E-state index is -0.0186. The third kappa shape index (κ3) is 4.77. The monoisotopic (exact) mass is 433 g/mol. The number of hydrogen-bond donors (Lipinski definition) is 2. The van der Waals surface area contributed by atoms with Crippen LogP contribution in [0.3, 0.4) is 0 Å². The van der Waals surface area contributed by atoms with Gasteiger partial charge >= 0.3 is 0 Å². The fraction of sp³-hybridized carbons (Fsp3) is 0.435. The Balaban J connectivity index is 1.07. The van der Waals surface area contributed by atoms with E-state index in [2.05, 4.69) is 55.0 Å². The summed E-state index contributed by atoms with van der Waals surface area (Å²) in [4.78, 5) is 23.5. The average Bonchev–Trinajstić information content (AvgIpc) is 3.57. The number of nitrogens with one attached hydrogen (secondary N) is 2. The van der Waals surface area contributed by atoms with Crippen LogP contribution >= 0.6 is 0 Å². The van der Waals surface area contributed by atoms with Crippen LogP contribution in [-0.2, 0) is 24.0 Å². The summed E-state index contributed by atoms with van der Waals surface area (Å²) in [7, 11) is 0. The van der Waals surface area contributed by atoms with E-state index in [9.17, 15) is 4.79 Å². The number of ether oxygens (including phenoxy) is 1. The molecule has 1 aromatic carbocycles. The smallest absolute Gasteiger partial charge is 0.257 e. The normalized spacial score (nSPS) is 18.1. The summed E-state index contributed by atoms with van der Waals surface area (Å²) in [5.74, 6) is 0.899. The molecule has 3 aromatic rings. The van der Waals surface area contributed by atoms with E-state index in [4.69, 9.17) is 4.74 Å². The molecule has 9 nitrogen and oxygen atoms in total. The zero-order valence-electron chi connectivity index (χ0n) is 17.9. The highest BCUT2D eigenvalue weighted by Crippen LogP contribution is 2.24. The van der Waals surface area contributed by atoms with E-state index in [0.29, 0.717) is 37.2 Å². The van der Waals surface area contributed by atoms with Crippen LogP contribution in [0.2, 0.25) is 0 Å². The van der Waals surface area contributed by atoms with Gasteiger partial charge in [0.1, 0.15) is 0 Å². The van der Waals surface area contributed by atoms with Crippen molar-refractivity contribution in [2.45, 2.75) is 31.7 Å². The number of aromatic amines is 1. The maximum atomic E-state index is 12.8. The third-order valence-electron chi connectivity index (χ3n) is 6.18. The van der Waals surface area contributed by atoms with Gasteiger partial charge in [-0.2, -0.15) is 0 Å². The molecule has 5 rings (SSSR count). The van der Waals surface area contributed by atoms with Gasteiger partial charge in [0.15, 0.2) is 0 Å². The number of hydrogen-bond acceptors (Lipinski definition) is 7. The molecule has 3 heterocycles. The molecule has 0 spiro atoms. The van der Waals surface area contributed by atoms with Gasteiger partial charge in [-0.15, -0.1) is 5.10 Å². The molecule has 1 fully saturated rings. The number of likely N-dealkylation sites (tertiary alicyclic amines) is 1. The first-order valence-corrected chi connectivity index (χ1v) is 11.1. The highest BCUT2D eigenvalue weighted by molar-refractivity contribution is 5.93. The molecule has 9 heteroatoms. The maximum absolute atomic E-state index is 12.8. The van der Waals surface area contributed by atoms with Crippen molar-refractivity contribution in [3.63, 3.8) is 0 Å². The van der Waals surface area contributed by atoms with Crippen LogP contribution in [0, 0.1) is 5.92 Å². The minimum Gasteiger partial charge on any atom is -0.381 e. The van der Waals surface area contributed by atoms with Gasteiger partial charge in [0.25, 0.3) is 5.91 Å². The number of aromatic nitrogens is 5. The van der Waals surface area contributed by atoms with Crippen molar-refractivity contribution < 1.29 is 9.53 Å². The first-order valence-electron chi connectivity index (χ1n) is 11.1. The Kier molecular flexibility index (Phi) is 6.06. The van der Waals surface area contributed by atoms with Crippen molar-refractivity contribution in [3.05, 3.63) is 65.2 Å². The Morgan fingerprint density at radius 2 is 1.97 bits per heavy atom. The van der Waals surface area contributed by atoms with Crippen LogP contribution in [0.5, 0.6) is 0 Å². The van der Waals surface area contributed by atoms with E-state index in [0.717, 1.165) is 37.9 Å². The molecular formula is C23H27N7O2. The maximum Gasteiger partial charge on any atom is 0.257 e. The van der Waals surface area contributed by atoms with Crippen molar-refractivity contribution in [3.8, 4) is 0 Å². The number of nitrogens with zero attached hydrogens (tertiary/aromatic N) is 5. The molecule has 0 bridgehead atoms. The summed E-state index contributed by atoms with van der Waals surface area (Å²) in [5.41, 5.74) is 4.17. The van der Waals surface area contributed by atoms with E-state index in [1.165, 1.54) is 11.1 Å². The topological polar surface area (TPSA) is 109 Å². The van der Waals surface area contributed by atoms with Crippen molar-refractivity contribution >= 4 is 11.9 Å². The predicted molar refractivity (Wildman–Crippen MR) is 118 cm³/mol. The van der Waals surface area contributed by atoms with E-state index >= 15 is 0 Å². The zero-order valence-corrected chi connectivity index (χ0v) is 17.9. The van der Waals surface area contributed by atoms with Gasteiger partial charge < -0.3 is 15.0 Å². The molecule has 2 aliphatic rings. The lowest BCUT2D eigenvalue weighted by atomic mass is 10.1. The predicted octanol–water partition coefficient (Wildman–Crippen LogP) is 1.90. The molecule has 2 N–H and O–H groups in total. The molecule has 32 heavy (non-hydrogen) atoms. The molecule has 1 aliphatic carbocycles. The minimum absolute atomic E-state index is 0.0186. The van der Waals surface area contributed by atoms with Gasteiger partial charge in [0, 0.05) is 50.1 Å². The van der Waals surface area contributed by atoms with Crippen LogP contribution < -0.4 is 5.32 Å². The first kappa shape index (κ1) is 20.6. The Labute approximate surface area is 186 Å². The molecule has 0 radical (unpaired) electrons. The number of carbonyl (C=O) groups excluding carboxylic acids is 1. The molecular weight excluding hydrogens is 406 g/mol. The molecule has 2 aromatic heterocycles. The van der Waals surface area contributed by atoms with Gasteiger partial charge in [0.2, 0.25) is 5.95 Å². The Hall–Kier alpha value is -3.33. The van der Waals surface area contributed by atoms with E-state index < -0.39 is 0 Å². The number of anilines is 1. The summed E-state index contributed by atoms with van der Waals surface area (Å²) < 4.78 is 5.77. The largest absolute Gasteiger partial charge is 0.381 e.